The van der Waals surface area contributed by atoms with Gasteiger partial charge in [-0.2, -0.15) is 4.31 Å². The molecule has 0 aliphatic rings. The van der Waals surface area contributed by atoms with E-state index in [1.165, 1.54) is 21.0 Å². The van der Waals surface area contributed by atoms with Gasteiger partial charge >= 0.3 is 0 Å². The lowest BCUT2D eigenvalue weighted by Crippen LogP contribution is -2.39. The van der Waals surface area contributed by atoms with Gasteiger partial charge in [-0.3, -0.25) is 9.36 Å². The van der Waals surface area contributed by atoms with E-state index in [2.05, 4.69) is 4.98 Å². The number of aromatic nitrogens is 2. The lowest BCUT2D eigenvalue weighted by Gasteiger charge is -2.31. The number of halogens is 1. The Hall–Kier alpha value is -2.58. The maximum Gasteiger partial charge on any atom is 0.261 e. The highest BCUT2D eigenvalue weighted by molar-refractivity contribution is 7.89. The van der Waals surface area contributed by atoms with Gasteiger partial charge in [0.1, 0.15) is 11.6 Å². The number of hydrogen-bond donors (Lipinski definition) is 0. The molecule has 2 aromatic carbocycles. The molecule has 0 N–H and O–H groups in total. The fraction of sp³-hybridized carbons (Fsp3) is 0.364. The van der Waals surface area contributed by atoms with Crippen molar-refractivity contribution >= 4 is 20.9 Å². The van der Waals surface area contributed by atoms with Crippen LogP contribution in [0, 0.1) is 5.82 Å². The van der Waals surface area contributed by atoms with E-state index in [1.54, 1.807) is 31.3 Å². The van der Waals surface area contributed by atoms with E-state index in [0.29, 0.717) is 29.6 Å². The Morgan fingerprint density at radius 1 is 1.10 bits per heavy atom. The Labute approximate surface area is 176 Å². The Morgan fingerprint density at radius 2 is 1.77 bits per heavy atom. The van der Waals surface area contributed by atoms with Crippen LogP contribution in [0.1, 0.15) is 45.0 Å². The zero-order chi connectivity index (χ0) is 21.9. The van der Waals surface area contributed by atoms with Crippen molar-refractivity contribution in [3.63, 3.8) is 0 Å². The molecule has 30 heavy (non-hydrogen) atoms. The van der Waals surface area contributed by atoms with Gasteiger partial charge in [0.2, 0.25) is 10.0 Å². The molecule has 1 heterocycles. The highest BCUT2D eigenvalue weighted by Crippen LogP contribution is 2.30. The van der Waals surface area contributed by atoms with Gasteiger partial charge in [-0.05, 0) is 49.2 Å². The molecule has 3 aromatic rings. The van der Waals surface area contributed by atoms with Crippen molar-refractivity contribution in [3.8, 4) is 0 Å². The lowest BCUT2D eigenvalue weighted by atomic mass is 10.1. The van der Waals surface area contributed by atoms with Crippen LogP contribution >= 0.6 is 0 Å². The van der Waals surface area contributed by atoms with Crippen molar-refractivity contribution in [3.05, 3.63) is 70.5 Å². The van der Waals surface area contributed by atoms with Crippen molar-refractivity contribution in [2.24, 2.45) is 7.05 Å². The molecule has 0 saturated carbocycles. The molecule has 1 atom stereocenters. The molecule has 0 saturated heterocycles. The van der Waals surface area contributed by atoms with Crippen molar-refractivity contribution < 1.29 is 12.8 Å². The van der Waals surface area contributed by atoms with Crippen LogP contribution in [0.25, 0.3) is 10.9 Å². The van der Waals surface area contributed by atoms with E-state index in [9.17, 15) is 17.6 Å². The third-order valence-electron chi connectivity index (χ3n) is 5.20. The number of para-hydroxylation sites is 1. The van der Waals surface area contributed by atoms with Gasteiger partial charge in [0.05, 0.1) is 21.8 Å². The van der Waals surface area contributed by atoms with Crippen molar-refractivity contribution in [1.29, 1.82) is 0 Å². The fourth-order valence-electron chi connectivity index (χ4n) is 3.55. The average molecular weight is 432 g/mol. The summed E-state index contributed by atoms with van der Waals surface area (Å²) < 4.78 is 43.1. The second kappa shape index (κ2) is 9.06. The van der Waals surface area contributed by atoms with Gasteiger partial charge in [-0.15, -0.1) is 0 Å². The average Bonchev–Trinajstić information content (AvgIpc) is 2.74. The maximum absolute atomic E-state index is 13.5. The minimum absolute atomic E-state index is 0.0178. The summed E-state index contributed by atoms with van der Waals surface area (Å²) in [6, 6.07) is 11.2. The number of nitrogens with zero attached hydrogens (tertiary/aromatic N) is 3. The molecule has 6 nitrogen and oxygen atoms in total. The zero-order valence-electron chi connectivity index (χ0n) is 17.4. The number of benzene rings is 2. The summed E-state index contributed by atoms with van der Waals surface area (Å²) in [5, 5.41) is 0.486. The summed E-state index contributed by atoms with van der Waals surface area (Å²) in [6.45, 7) is 4.12. The van der Waals surface area contributed by atoms with Gasteiger partial charge in [-0.1, -0.05) is 32.4 Å². The summed E-state index contributed by atoms with van der Waals surface area (Å²) in [7, 11) is -2.31. The summed E-state index contributed by atoms with van der Waals surface area (Å²) in [6.07, 6.45) is 1.89. The van der Waals surface area contributed by atoms with Crippen molar-refractivity contribution in [2.45, 2.75) is 44.0 Å². The quantitative estimate of drug-likeness (QED) is 0.540. The van der Waals surface area contributed by atoms with Crippen LogP contribution in [0.15, 0.2) is 58.2 Å². The van der Waals surface area contributed by atoms with Gasteiger partial charge in [0.25, 0.3) is 5.56 Å². The molecule has 8 heteroatoms. The molecule has 3 rings (SSSR count). The smallest absolute Gasteiger partial charge is 0.261 e. The predicted octanol–water partition coefficient (Wildman–Crippen LogP) is 4.01. The van der Waals surface area contributed by atoms with Crippen LogP contribution < -0.4 is 5.56 Å². The minimum Gasteiger partial charge on any atom is -0.298 e. The standard InChI is InChI=1S/C22H26FN3O3S/c1-4-6-15-26(30(28,29)17-13-11-16(23)12-14-17)20(5-2)21-24-19-10-8-7-9-18(19)22(27)25(21)3/h7-14,20H,4-6,15H2,1-3H3. The topological polar surface area (TPSA) is 72.3 Å². The minimum atomic E-state index is -3.92. The van der Waals surface area contributed by atoms with E-state index >= 15 is 0 Å². The van der Waals surface area contributed by atoms with Crippen LogP contribution in [0.3, 0.4) is 0 Å². The summed E-state index contributed by atoms with van der Waals surface area (Å²) in [5.74, 6) is -0.109. The van der Waals surface area contributed by atoms with Crippen LogP contribution in [-0.4, -0.2) is 28.8 Å². The third kappa shape index (κ3) is 4.15. The first-order valence-corrected chi connectivity index (χ1v) is 11.5. The monoisotopic (exact) mass is 431 g/mol. The zero-order valence-corrected chi connectivity index (χ0v) is 18.2. The predicted molar refractivity (Wildman–Crippen MR) is 115 cm³/mol. The van der Waals surface area contributed by atoms with Crippen LogP contribution in [0.5, 0.6) is 0 Å². The SMILES string of the molecule is CCCCN(C(CC)c1nc2ccccc2c(=O)n1C)S(=O)(=O)c1ccc(F)cc1. The summed E-state index contributed by atoms with van der Waals surface area (Å²) >= 11 is 0. The first kappa shape index (κ1) is 22.1. The summed E-state index contributed by atoms with van der Waals surface area (Å²) in [4.78, 5) is 17.5. The highest BCUT2D eigenvalue weighted by Gasteiger charge is 2.33. The molecule has 160 valence electrons. The molecule has 0 spiro atoms. The Balaban J connectivity index is 2.17. The Morgan fingerprint density at radius 3 is 2.40 bits per heavy atom. The normalized spacial score (nSPS) is 13.1. The number of rotatable bonds is 8. The van der Waals surface area contributed by atoms with E-state index in [1.807, 2.05) is 13.8 Å². The van der Waals surface area contributed by atoms with Crippen LogP contribution in [0.2, 0.25) is 0 Å². The van der Waals surface area contributed by atoms with E-state index in [-0.39, 0.29) is 17.0 Å². The van der Waals surface area contributed by atoms with E-state index in [4.69, 9.17) is 0 Å². The molecule has 0 fully saturated rings. The number of unbranched alkanes of at least 4 members (excludes halogenated alkanes) is 1. The molecule has 1 unspecified atom stereocenters. The number of fused-ring (bicyclic) bond motifs is 1. The van der Waals surface area contributed by atoms with Crippen LogP contribution in [-0.2, 0) is 17.1 Å². The van der Waals surface area contributed by atoms with Gasteiger partial charge in [0, 0.05) is 13.6 Å². The second-order valence-corrected chi connectivity index (χ2v) is 9.09. The van der Waals surface area contributed by atoms with Gasteiger partial charge in [0.15, 0.2) is 0 Å². The molecule has 0 aliphatic heterocycles. The molecule has 0 radical (unpaired) electrons. The summed E-state index contributed by atoms with van der Waals surface area (Å²) in [5.41, 5.74) is 0.312. The maximum atomic E-state index is 13.5. The number of sulfonamides is 1. The molecule has 0 bridgehead atoms. The first-order chi connectivity index (χ1) is 14.3. The molecular formula is C22H26FN3O3S. The molecule has 1 aromatic heterocycles. The first-order valence-electron chi connectivity index (χ1n) is 10.0. The van der Waals surface area contributed by atoms with E-state index in [0.717, 1.165) is 18.6 Å². The third-order valence-corrected chi connectivity index (χ3v) is 7.12. The number of hydrogen-bond acceptors (Lipinski definition) is 4. The van der Waals surface area contributed by atoms with Crippen molar-refractivity contribution in [1.82, 2.24) is 13.9 Å². The Kier molecular flexibility index (Phi) is 6.67. The highest BCUT2D eigenvalue weighted by atomic mass is 32.2. The lowest BCUT2D eigenvalue weighted by molar-refractivity contribution is 0.294. The Bertz CT molecular complexity index is 1190. The fourth-order valence-corrected chi connectivity index (χ4v) is 5.25. The van der Waals surface area contributed by atoms with E-state index < -0.39 is 21.9 Å². The molecular weight excluding hydrogens is 405 g/mol. The van der Waals surface area contributed by atoms with Gasteiger partial charge in [-0.25, -0.2) is 17.8 Å². The van der Waals surface area contributed by atoms with Crippen LogP contribution in [0.4, 0.5) is 4.39 Å². The van der Waals surface area contributed by atoms with Gasteiger partial charge < -0.3 is 0 Å². The van der Waals surface area contributed by atoms with Crippen molar-refractivity contribution in [2.75, 3.05) is 6.54 Å². The largest absolute Gasteiger partial charge is 0.298 e. The molecule has 0 amide bonds. The second-order valence-electron chi connectivity index (χ2n) is 7.20. The molecule has 0 aliphatic carbocycles.